The minimum Gasteiger partial charge on any atom is -0.496 e. The Morgan fingerprint density at radius 2 is 2.21 bits per heavy atom. The quantitative estimate of drug-likeness (QED) is 0.898. The zero-order valence-electron chi connectivity index (χ0n) is 10.4. The van der Waals surface area contributed by atoms with Gasteiger partial charge in [-0.1, -0.05) is 15.9 Å². The number of rotatable bonds is 4. The van der Waals surface area contributed by atoms with Gasteiger partial charge in [0.25, 0.3) is 0 Å². The van der Waals surface area contributed by atoms with E-state index in [1.54, 1.807) is 19.4 Å². The summed E-state index contributed by atoms with van der Waals surface area (Å²) >= 11 is 3.42. The van der Waals surface area contributed by atoms with Gasteiger partial charge in [-0.2, -0.15) is 0 Å². The molecule has 5 nitrogen and oxygen atoms in total. The van der Waals surface area contributed by atoms with Crippen LogP contribution in [0.5, 0.6) is 5.75 Å². The van der Waals surface area contributed by atoms with E-state index in [0.717, 1.165) is 10.0 Å². The average molecular weight is 324 g/mol. The van der Waals surface area contributed by atoms with Crippen molar-refractivity contribution < 1.29 is 9.84 Å². The van der Waals surface area contributed by atoms with Crippen molar-refractivity contribution in [1.82, 2.24) is 9.97 Å². The van der Waals surface area contributed by atoms with Gasteiger partial charge in [-0.15, -0.1) is 0 Å². The average Bonchev–Trinajstić information content (AvgIpc) is 2.46. The van der Waals surface area contributed by atoms with Gasteiger partial charge in [0.2, 0.25) is 0 Å². The van der Waals surface area contributed by atoms with E-state index >= 15 is 0 Å². The smallest absolute Gasteiger partial charge is 0.158 e. The Hall–Kier alpha value is -1.50. The van der Waals surface area contributed by atoms with E-state index < -0.39 is 6.10 Å². The molecule has 0 fully saturated rings. The molecule has 0 aliphatic heterocycles. The maximum Gasteiger partial charge on any atom is 0.158 e. The highest BCUT2D eigenvalue weighted by Crippen LogP contribution is 2.31. The Labute approximate surface area is 119 Å². The van der Waals surface area contributed by atoms with Crippen LogP contribution in [0.15, 0.2) is 34.9 Å². The van der Waals surface area contributed by atoms with Crippen molar-refractivity contribution in [2.45, 2.75) is 6.10 Å². The third-order valence-corrected chi connectivity index (χ3v) is 3.13. The molecule has 0 saturated carbocycles. The number of hydrogen-bond acceptors (Lipinski definition) is 5. The zero-order valence-corrected chi connectivity index (χ0v) is 12.0. The monoisotopic (exact) mass is 323 g/mol. The van der Waals surface area contributed by atoms with Gasteiger partial charge in [0.1, 0.15) is 11.9 Å². The second kappa shape index (κ2) is 6.10. The molecule has 0 aliphatic rings. The standard InChI is InChI=1S/C13H14BrN3O2/c1-19-12-3-2-8(14)6-9(12)10-4-5-16-13(17-10)11(18)7-15/h2-6,11,18H,7,15H2,1H3. The highest BCUT2D eigenvalue weighted by atomic mass is 79.9. The molecule has 6 heteroatoms. The van der Waals surface area contributed by atoms with Crippen molar-refractivity contribution in [2.75, 3.05) is 13.7 Å². The molecular weight excluding hydrogens is 310 g/mol. The van der Waals surface area contributed by atoms with Crippen molar-refractivity contribution >= 4 is 15.9 Å². The molecule has 3 N–H and O–H groups in total. The number of nitrogens with two attached hydrogens (primary N) is 1. The van der Waals surface area contributed by atoms with Crippen LogP contribution in [0.25, 0.3) is 11.3 Å². The van der Waals surface area contributed by atoms with Gasteiger partial charge in [-0.25, -0.2) is 9.97 Å². The Morgan fingerprint density at radius 1 is 1.42 bits per heavy atom. The molecule has 100 valence electrons. The van der Waals surface area contributed by atoms with Gasteiger partial charge in [-0.05, 0) is 24.3 Å². The molecule has 1 heterocycles. The lowest BCUT2D eigenvalue weighted by atomic mass is 10.1. The number of aliphatic hydroxyl groups excluding tert-OH is 1. The fraction of sp³-hybridized carbons (Fsp3) is 0.231. The minimum atomic E-state index is -0.863. The van der Waals surface area contributed by atoms with Crippen LogP contribution in [-0.2, 0) is 0 Å². The van der Waals surface area contributed by atoms with Crippen LogP contribution in [0, 0.1) is 0 Å². The summed E-state index contributed by atoms with van der Waals surface area (Å²) in [5.74, 6) is 1.01. The summed E-state index contributed by atoms with van der Waals surface area (Å²) in [6.07, 6.45) is 0.731. The SMILES string of the molecule is COc1ccc(Br)cc1-c1ccnc(C(O)CN)n1. The van der Waals surface area contributed by atoms with Crippen molar-refractivity contribution in [3.05, 3.63) is 40.8 Å². The van der Waals surface area contributed by atoms with Crippen LogP contribution in [0.3, 0.4) is 0 Å². The molecule has 2 rings (SSSR count). The molecule has 2 aromatic rings. The van der Waals surface area contributed by atoms with E-state index in [2.05, 4.69) is 25.9 Å². The Kier molecular flexibility index (Phi) is 4.47. The molecule has 1 unspecified atom stereocenters. The molecular formula is C13H14BrN3O2. The molecule has 19 heavy (non-hydrogen) atoms. The lowest BCUT2D eigenvalue weighted by Gasteiger charge is -2.11. The van der Waals surface area contributed by atoms with Crippen molar-refractivity contribution in [3.63, 3.8) is 0 Å². The molecule has 0 aliphatic carbocycles. The third-order valence-electron chi connectivity index (χ3n) is 2.63. The number of aromatic nitrogens is 2. The molecule has 0 amide bonds. The summed E-state index contributed by atoms with van der Waals surface area (Å²) in [4.78, 5) is 8.34. The first-order valence-electron chi connectivity index (χ1n) is 5.70. The van der Waals surface area contributed by atoms with Crippen LogP contribution in [0.1, 0.15) is 11.9 Å². The lowest BCUT2D eigenvalue weighted by molar-refractivity contribution is 0.176. The van der Waals surface area contributed by atoms with Crippen molar-refractivity contribution in [3.8, 4) is 17.0 Å². The van der Waals surface area contributed by atoms with E-state index in [1.165, 1.54) is 0 Å². The maximum absolute atomic E-state index is 9.69. The summed E-state index contributed by atoms with van der Waals surface area (Å²) in [6, 6.07) is 7.40. The number of hydrogen-bond donors (Lipinski definition) is 2. The highest BCUT2D eigenvalue weighted by Gasteiger charge is 2.12. The number of halogens is 1. The topological polar surface area (TPSA) is 81.3 Å². The first-order valence-corrected chi connectivity index (χ1v) is 6.50. The predicted molar refractivity (Wildman–Crippen MR) is 75.7 cm³/mol. The first kappa shape index (κ1) is 13.9. The van der Waals surface area contributed by atoms with Crippen LogP contribution in [-0.4, -0.2) is 28.7 Å². The van der Waals surface area contributed by atoms with Crippen LogP contribution < -0.4 is 10.5 Å². The number of benzene rings is 1. The summed E-state index contributed by atoms with van der Waals surface area (Å²) in [5.41, 5.74) is 6.91. The Morgan fingerprint density at radius 3 is 2.89 bits per heavy atom. The molecule has 1 atom stereocenters. The number of aliphatic hydroxyl groups is 1. The predicted octanol–water partition coefficient (Wildman–Crippen LogP) is 1.91. The van der Waals surface area contributed by atoms with Gasteiger partial charge in [0, 0.05) is 22.8 Å². The van der Waals surface area contributed by atoms with Crippen molar-refractivity contribution in [2.24, 2.45) is 5.73 Å². The van der Waals surface area contributed by atoms with Crippen LogP contribution in [0.4, 0.5) is 0 Å². The van der Waals surface area contributed by atoms with Crippen molar-refractivity contribution in [1.29, 1.82) is 0 Å². The molecule has 1 aromatic carbocycles. The zero-order chi connectivity index (χ0) is 13.8. The second-order valence-corrected chi connectivity index (χ2v) is 4.81. The second-order valence-electron chi connectivity index (χ2n) is 3.90. The van der Waals surface area contributed by atoms with Gasteiger partial charge in [0.15, 0.2) is 5.82 Å². The fourth-order valence-electron chi connectivity index (χ4n) is 1.67. The number of ether oxygens (including phenoxy) is 1. The van der Waals surface area contributed by atoms with E-state index in [4.69, 9.17) is 10.5 Å². The van der Waals surface area contributed by atoms with Gasteiger partial charge in [-0.3, -0.25) is 0 Å². The van der Waals surface area contributed by atoms with Crippen LogP contribution in [0.2, 0.25) is 0 Å². The minimum absolute atomic E-state index is 0.0824. The number of methoxy groups -OCH3 is 1. The maximum atomic E-state index is 9.69. The summed E-state index contributed by atoms with van der Waals surface area (Å²) in [6.45, 7) is 0.0824. The van der Waals surface area contributed by atoms with E-state index in [1.807, 2.05) is 18.2 Å². The van der Waals surface area contributed by atoms with Gasteiger partial charge >= 0.3 is 0 Å². The summed E-state index contributed by atoms with van der Waals surface area (Å²) in [7, 11) is 1.60. The van der Waals surface area contributed by atoms with Crippen LogP contribution >= 0.6 is 15.9 Å². The van der Waals surface area contributed by atoms with Gasteiger partial charge < -0.3 is 15.6 Å². The normalized spacial score (nSPS) is 12.2. The van der Waals surface area contributed by atoms with E-state index in [9.17, 15) is 5.11 Å². The highest BCUT2D eigenvalue weighted by molar-refractivity contribution is 9.10. The molecule has 0 saturated heterocycles. The Balaban J connectivity index is 2.49. The molecule has 1 aromatic heterocycles. The number of nitrogens with zero attached hydrogens (tertiary/aromatic N) is 2. The summed E-state index contributed by atoms with van der Waals surface area (Å²) < 4.78 is 6.23. The lowest BCUT2D eigenvalue weighted by Crippen LogP contribution is -2.14. The fourth-order valence-corrected chi connectivity index (χ4v) is 2.03. The van der Waals surface area contributed by atoms with E-state index in [0.29, 0.717) is 17.3 Å². The molecule has 0 bridgehead atoms. The summed E-state index contributed by atoms with van der Waals surface area (Å²) in [5, 5.41) is 9.69. The Bertz CT molecular complexity index is 578. The van der Waals surface area contributed by atoms with Gasteiger partial charge in [0.05, 0.1) is 12.8 Å². The first-order chi connectivity index (χ1) is 9.15. The molecule has 0 spiro atoms. The largest absolute Gasteiger partial charge is 0.496 e. The third kappa shape index (κ3) is 3.09. The molecule has 0 radical (unpaired) electrons. The van der Waals surface area contributed by atoms with E-state index in [-0.39, 0.29) is 6.54 Å².